The SMILES string of the molecule is FC(F)(F)c1nc2ccccc2c(-c2ccccc2C2CCCCC2)c1-n1ncnn1. The first-order valence-electron chi connectivity index (χ1n) is 10.4. The van der Waals surface area contributed by atoms with Crippen molar-refractivity contribution < 1.29 is 13.2 Å². The van der Waals surface area contributed by atoms with E-state index in [2.05, 4.69) is 20.4 Å². The number of aromatic nitrogens is 5. The van der Waals surface area contributed by atoms with Gasteiger partial charge in [0.1, 0.15) is 5.69 Å². The maximum atomic E-state index is 14.2. The number of nitrogens with zero attached hydrogens (tertiary/aromatic N) is 5. The maximum absolute atomic E-state index is 14.2. The van der Waals surface area contributed by atoms with Gasteiger partial charge < -0.3 is 0 Å². The van der Waals surface area contributed by atoms with Crippen molar-refractivity contribution in [3.05, 3.63) is 66.1 Å². The largest absolute Gasteiger partial charge is 0.435 e. The minimum absolute atomic E-state index is 0.188. The average molecular weight is 423 g/mol. The molecule has 0 atom stereocenters. The Morgan fingerprint density at radius 3 is 2.39 bits per heavy atom. The monoisotopic (exact) mass is 423 g/mol. The second kappa shape index (κ2) is 7.76. The highest BCUT2D eigenvalue weighted by atomic mass is 19.4. The van der Waals surface area contributed by atoms with Crippen LogP contribution < -0.4 is 0 Å². The molecule has 2 aromatic carbocycles. The van der Waals surface area contributed by atoms with Gasteiger partial charge in [-0.05, 0) is 41.2 Å². The maximum Gasteiger partial charge on any atom is 0.435 e. The lowest BCUT2D eigenvalue weighted by Crippen LogP contribution is -2.17. The first-order valence-corrected chi connectivity index (χ1v) is 10.4. The lowest BCUT2D eigenvalue weighted by atomic mass is 9.80. The van der Waals surface area contributed by atoms with Gasteiger partial charge in [0.15, 0.2) is 12.0 Å². The molecule has 1 aliphatic rings. The second-order valence-electron chi connectivity index (χ2n) is 7.85. The van der Waals surface area contributed by atoms with E-state index in [1.54, 1.807) is 18.2 Å². The molecule has 31 heavy (non-hydrogen) atoms. The molecule has 4 aromatic rings. The number of halogens is 3. The van der Waals surface area contributed by atoms with Crippen LogP contribution in [0.25, 0.3) is 27.7 Å². The number of tetrazole rings is 1. The molecule has 158 valence electrons. The molecule has 1 saturated carbocycles. The summed E-state index contributed by atoms with van der Waals surface area (Å²) in [5, 5.41) is 12.0. The topological polar surface area (TPSA) is 56.5 Å². The summed E-state index contributed by atoms with van der Waals surface area (Å²) in [7, 11) is 0. The molecule has 0 spiro atoms. The van der Waals surface area contributed by atoms with Gasteiger partial charge in [0.2, 0.25) is 0 Å². The summed E-state index contributed by atoms with van der Waals surface area (Å²) in [5.41, 5.74) is 1.35. The van der Waals surface area contributed by atoms with Gasteiger partial charge in [-0.1, -0.05) is 61.7 Å². The normalized spacial score (nSPS) is 15.5. The highest BCUT2D eigenvalue weighted by Crippen LogP contribution is 2.45. The van der Waals surface area contributed by atoms with Crippen molar-refractivity contribution in [1.29, 1.82) is 0 Å². The van der Waals surface area contributed by atoms with Crippen LogP contribution in [0.5, 0.6) is 0 Å². The molecule has 0 saturated heterocycles. The van der Waals surface area contributed by atoms with Crippen LogP contribution in [0.4, 0.5) is 13.2 Å². The third-order valence-corrected chi connectivity index (χ3v) is 5.96. The van der Waals surface area contributed by atoms with Gasteiger partial charge in [-0.3, -0.25) is 0 Å². The van der Waals surface area contributed by atoms with Crippen molar-refractivity contribution in [2.45, 2.75) is 44.2 Å². The summed E-state index contributed by atoms with van der Waals surface area (Å²) in [4.78, 5) is 4.92. The van der Waals surface area contributed by atoms with Crippen LogP contribution in [0.1, 0.15) is 49.3 Å². The molecule has 0 amide bonds. The van der Waals surface area contributed by atoms with Crippen molar-refractivity contribution in [3.8, 4) is 16.8 Å². The van der Waals surface area contributed by atoms with E-state index in [1.807, 2.05) is 30.3 Å². The number of hydrogen-bond donors (Lipinski definition) is 0. The quantitative estimate of drug-likeness (QED) is 0.409. The number of alkyl halides is 3. The van der Waals surface area contributed by atoms with Crippen LogP contribution in [0.2, 0.25) is 0 Å². The number of rotatable bonds is 3. The van der Waals surface area contributed by atoms with Gasteiger partial charge in [-0.2, -0.15) is 13.2 Å². The average Bonchev–Trinajstić information content (AvgIpc) is 3.32. The fourth-order valence-corrected chi connectivity index (χ4v) is 4.63. The number of para-hydroxylation sites is 1. The van der Waals surface area contributed by atoms with E-state index in [0.29, 0.717) is 16.9 Å². The molecule has 8 heteroatoms. The van der Waals surface area contributed by atoms with Gasteiger partial charge in [0.25, 0.3) is 0 Å². The van der Waals surface area contributed by atoms with E-state index in [9.17, 15) is 13.2 Å². The second-order valence-corrected chi connectivity index (χ2v) is 7.85. The number of hydrogen-bond acceptors (Lipinski definition) is 4. The van der Waals surface area contributed by atoms with Crippen LogP contribution in [0, 0.1) is 0 Å². The molecule has 2 aromatic heterocycles. The summed E-state index contributed by atoms with van der Waals surface area (Å²) < 4.78 is 42.5. The zero-order valence-corrected chi connectivity index (χ0v) is 16.7. The Morgan fingerprint density at radius 1 is 0.903 bits per heavy atom. The summed E-state index contributed by atoms with van der Waals surface area (Å²) in [5.74, 6) is 0.308. The van der Waals surface area contributed by atoms with Gasteiger partial charge >= 0.3 is 6.18 Å². The fraction of sp³-hybridized carbons (Fsp3) is 0.304. The van der Waals surface area contributed by atoms with Crippen LogP contribution in [0.15, 0.2) is 54.9 Å². The summed E-state index contributed by atoms with van der Waals surface area (Å²) in [6.45, 7) is 0. The highest BCUT2D eigenvalue weighted by molar-refractivity contribution is 6.00. The highest BCUT2D eigenvalue weighted by Gasteiger charge is 2.39. The molecular weight excluding hydrogens is 403 g/mol. The Hall–Kier alpha value is -3.29. The molecule has 1 fully saturated rings. The molecule has 5 nitrogen and oxygen atoms in total. The van der Waals surface area contributed by atoms with Gasteiger partial charge in [-0.15, -0.1) is 15.0 Å². The van der Waals surface area contributed by atoms with Crippen LogP contribution >= 0.6 is 0 Å². The summed E-state index contributed by atoms with van der Waals surface area (Å²) in [6.07, 6.45) is 1.96. The van der Waals surface area contributed by atoms with Gasteiger partial charge in [0.05, 0.1) is 5.52 Å². The molecule has 0 N–H and O–H groups in total. The van der Waals surface area contributed by atoms with Crippen LogP contribution in [0.3, 0.4) is 0 Å². The summed E-state index contributed by atoms with van der Waals surface area (Å²) in [6, 6.07) is 14.7. The van der Waals surface area contributed by atoms with Crippen molar-refractivity contribution in [2.75, 3.05) is 0 Å². The van der Waals surface area contributed by atoms with E-state index < -0.39 is 11.9 Å². The van der Waals surface area contributed by atoms with E-state index in [1.165, 1.54) is 6.42 Å². The van der Waals surface area contributed by atoms with E-state index >= 15 is 0 Å². The Bertz CT molecular complexity index is 1210. The predicted molar refractivity (Wildman–Crippen MR) is 111 cm³/mol. The smallest absolute Gasteiger partial charge is 0.241 e. The van der Waals surface area contributed by atoms with E-state index in [4.69, 9.17) is 0 Å². The lowest BCUT2D eigenvalue weighted by molar-refractivity contribution is -0.140. The van der Waals surface area contributed by atoms with E-state index in [-0.39, 0.29) is 11.2 Å². The third-order valence-electron chi connectivity index (χ3n) is 5.96. The molecular formula is C23H20F3N5. The molecule has 1 aliphatic carbocycles. The van der Waals surface area contributed by atoms with E-state index in [0.717, 1.165) is 47.9 Å². The van der Waals surface area contributed by atoms with Gasteiger partial charge in [0, 0.05) is 10.9 Å². The summed E-state index contributed by atoms with van der Waals surface area (Å²) >= 11 is 0. The minimum atomic E-state index is -4.68. The lowest BCUT2D eigenvalue weighted by Gasteiger charge is -2.26. The Balaban J connectivity index is 1.89. The number of fused-ring (bicyclic) bond motifs is 1. The predicted octanol–water partition coefficient (Wildman–Crippen LogP) is 5.94. The minimum Gasteiger partial charge on any atom is -0.241 e. The molecule has 5 rings (SSSR count). The molecule has 0 radical (unpaired) electrons. The van der Waals surface area contributed by atoms with Crippen LogP contribution in [-0.2, 0) is 6.18 Å². The Kier molecular flexibility index (Phi) is 4.92. The Morgan fingerprint density at radius 2 is 1.65 bits per heavy atom. The zero-order chi connectivity index (χ0) is 21.4. The van der Waals surface area contributed by atoms with Crippen molar-refractivity contribution >= 4 is 10.9 Å². The van der Waals surface area contributed by atoms with Crippen molar-refractivity contribution in [1.82, 2.24) is 25.2 Å². The molecule has 2 heterocycles. The number of pyridine rings is 1. The first-order chi connectivity index (χ1) is 15.0. The van der Waals surface area contributed by atoms with Crippen molar-refractivity contribution in [2.24, 2.45) is 0 Å². The molecule has 0 aliphatic heterocycles. The fourth-order valence-electron chi connectivity index (χ4n) is 4.63. The molecule has 0 unspecified atom stereocenters. The first kappa shape index (κ1) is 19.7. The zero-order valence-electron chi connectivity index (χ0n) is 16.7. The molecule has 0 bridgehead atoms. The van der Waals surface area contributed by atoms with Gasteiger partial charge in [-0.25, -0.2) is 4.98 Å². The third kappa shape index (κ3) is 3.56. The standard InChI is InChI=1S/C23H20F3N5/c24-23(25,26)22-21(31-28-14-27-30-31)20(18-12-6-7-13-19(18)29-22)17-11-5-4-10-16(17)15-8-2-1-3-9-15/h4-7,10-15H,1-3,8-9H2. The van der Waals surface area contributed by atoms with Crippen LogP contribution in [-0.4, -0.2) is 25.2 Å². The number of benzene rings is 2. The van der Waals surface area contributed by atoms with Crippen molar-refractivity contribution in [3.63, 3.8) is 0 Å². The Labute approximate surface area is 176 Å².